The number of carbonyl (C=O) groups is 2. The lowest BCUT2D eigenvalue weighted by atomic mass is 10.1. The summed E-state index contributed by atoms with van der Waals surface area (Å²) in [6, 6.07) is 18.9. The van der Waals surface area contributed by atoms with Crippen LogP contribution in [0.4, 0.5) is 0 Å². The second-order valence-electron chi connectivity index (χ2n) is 6.39. The summed E-state index contributed by atoms with van der Waals surface area (Å²) in [5.74, 6) is 0.263. The quantitative estimate of drug-likeness (QED) is 0.535. The van der Waals surface area contributed by atoms with E-state index in [-0.39, 0.29) is 22.8 Å². The third-order valence-corrected chi connectivity index (χ3v) is 4.23. The number of aromatic hydroxyl groups is 1. The molecule has 0 aliphatic rings. The lowest BCUT2D eigenvalue weighted by Crippen LogP contribution is -1.99. The number of hydrogen-bond donors (Lipinski definition) is 2. The highest BCUT2D eigenvalue weighted by Crippen LogP contribution is 2.29. The van der Waals surface area contributed by atoms with Gasteiger partial charge in [-0.25, -0.2) is 4.79 Å². The van der Waals surface area contributed by atoms with Gasteiger partial charge in [0.25, 0.3) is 0 Å². The van der Waals surface area contributed by atoms with Gasteiger partial charge in [-0.1, -0.05) is 30.3 Å². The maximum Gasteiger partial charge on any atom is 0.335 e. The summed E-state index contributed by atoms with van der Waals surface area (Å²) in [6.07, 6.45) is 0. The van der Waals surface area contributed by atoms with E-state index in [0.29, 0.717) is 23.7 Å². The Morgan fingerprint density at radius 3 is 2.00 bits per heavy atom. The van der Waals surface area contributed by atoms with Gasteiger partial charge in [0.2, 0.25) is 0 Å². The SMILES string of the molecule is COc1cc(C(=O)O)ccc1O.COc1cc(C(C)=O)ccc1OCc1ccccc1. The predicted molar refractivity (Wildman–Crippen MR) is 115 cm³/mol. The molecule has 162 valence electrons. The minimum Gasteiger partial charge on any atom is -0.504 e. The van der Waals surface area contributed by atoms with Crippen molar-refractivity contribution in [2.45, 2.75) is 13.5 Å². The van der Waals surface area contributed by atoms with Gasteiger partial charge in [-0.3, -0.25) is 4.79 Å². The topological polar surface area (TPSA) is 102 Å². The van der Waals surface area contributed by atoms with Gasteiger partial charge in [0.15, 0.2) is 28.8 Å². The predicted octanol–water partition coefficient (Wildman–Crippen LogP) is 4.58. The number of ketones is 1. The molecule has 7 nitrogen and oxygen atoms in total. The largest absolute Gasteiger partial charge is 0.504 e. The van der Waals surface area contributed by atoms with Gasteiger partial charge < -0.3 is 24.4 Å². The second kappa shape index (κ2) is 11.3. The van der Waals surface area contributed by atoms with Gasteiger partial charge >= 0.3 is 5.97 Å². The number of benzene rings is 3. The summed E-state index contributed by atoms with van der Waals surface area (Å²) >= 11 is 0. The van der Waals surface area contributed by atoms with E-state index in [1.165, 1.54) is 32.2 Å². The van der Waals surface area contributed by atoms with Crippen LogP contribution in [-0.2, 0) is 6.61 Å². The summed E-state index contributed by atoms with van der Waals surface area (Å²) in [7, 11) is 2.93. The molecule has 0 fully saturated rings. The number of phenolic OH excluding ortho intramolecular Hbond substituents is 1. The van der Waals surface area contributed by atoms with Gasteiger partial charge in [0.1, 0.15) is 6.61 Å². The fourth-order valence-electron chi connectivity index (χ4n) is 2.55. The molecule has 0 unspecified atom stereocenters. The fraction of sp³-hybridized carbons (Fsp3) is 0.167. The van der Waals surface area contributed by atoms with Crippen LogP contribution in [0.1, 0.15) is 33.2 Å². The Kier molecular flexibility index (Phi) is 8.45. The van der Waals surface area contributed by atoms with Crippen LogP contribution in [0, 0.1) is 0 Å². The molecule has 7 heteroatoms. The summed E-state index contributed by atoms with van der Waals surface area (Å²) in [5.41, 5.74) is 1.79. The summed E-state index contributed by atoms with van der Waals surface area (Å²) in [4.78, 5) is 21.8. The fourth-order valence-corrected chi connectivity index (χ4v) is 2.55. The molecule has 2 N–H and O–H groups in total. The minimum atomic E-state index is -1.05. The molecule has 3 aromatic carbocycles. The number of carboxylic acid groups (broad SMARTS) is 1. The van der Waals surface area contributed by atoms with Crippen LogP contribution in [0.3, 0.4) is 0 Å². The van der Waals surface area contributed by atoms with E-state index in [9.17, 15) is 9.59 Å². The summed E-state index contributed by atoms with van der Waals surface area (Å²) in [5, 5.41) is 17.7. The number of rotatable bonds is 7. The third-order valence-electron chi connectivity index (χ3n) is 4.23. The molecule has 0 heterocycles. The molecule has 0 aliphatic heterocycles. The maximum absolute atomic E-state index is 11.3. The van der Waals surface area contributed by atoms with Crippen LogP contribution in [0.15, 0.2) is 66.7 Å². The molecule has 0 aliphatic carbocycles. The highest BCUT2D eigenvalue weighted by Gasteiger charge is 2.09. The number of carbonyl (C=O) groups excluding carboxylic acids is 1. The molecular formula is C24H24O7. The van der Waals surface area contributed by atoms with E-state index in [0.717, 1.165) is 5.56 Å². The molecule has 0 aromatic heterocycles. The van der Waals surface area contributed by atoms with Crippen LogP contribution in [-0.4, -0.2) is 36.2 Å². The van der Waals surface area contributed by atoms with Crippen molar-refractivity contribution in [2.24, 2.45) is 0 Å². The van der Waals surface area contributed by atoms with Crippen molar-refractivity contribution in [3.63, 3.8) is 0 Å². The van der Waals surface area contributed by atoms with Crippen molar-refractivity contribution in [3.8, 4) is 23.0 Å². The van der Waals surface area contributed by atoms with Gasteiger partial charge in [-0.15, -0.1) is 0 Å². The monoisotopic (exact) mass is 424 g/mol. The number of ether oxygens (including phenoxy) is 3. The Labute approximate surface area is 180 Å². The van der Waals surface area contributed by atoms with Crippen LogP contribution < -0.4 is 14.2 Å². The summed E-state index contributed by atoms with van der Waals surface area (Å²) in [6.45, 7) is 2.00. The standard InChI is InChI=1S/C16H16O3.C8H8O4/c1-12(17)14-8-9-15(16(10-14)18-2)19-11-13-6-4-3-5-7-13;1-12-7-4-5(8(10)11)2-3-6(7)9/h3-10H,11H2,1-2H3;2-4,9H,1H3,(H,10,11). The number of carboxylic acids is 1. The molecule has 3 aromatic rings. The van der Waals surface area contributed by atoms with Crippen LogP contribution in [0.2, 0.25) is 0 Å². The zero-order chi connectivity index (χ0) is 22.8. The Morgan fingerprint density at radius 2 is 1.42 bits per heavy atom. The lowest BCUT2D eigenvalue weighted by Gasteiger charge is -2.11. The first-order valence-electron chi connectivity index (χ1n) is 9.31. The van der Waals surface area contributed by atoms with Crippen molar-refractivity contribution in [1.29, 1.82) is 0 Å². The molecule has 0 bridgehead atoms. The van der Waals surface area contributed by atoms with Crippen molar-refractivity contribution in [3.05, 3.63) is 83.4 Å². The average Bonchev–Trinajstić information content (AvgIpc) is 2.78. The highest BCUT2D eigenvalue weighted by atomic mass is 16.5. The number of hydrogen-bond acceptors (Lipinski definition) is 6. The Bertz CT molecular complexity index is 1030. The van der Waals surface area contributed by atoms with Crippen LogP contribution in [0.25, 0.3) is 0 Å². The molecule has 0 atom stereocenters. The molecule has 0 saturated carbocycles. The van der Waals surface area contributed by atoms with Crippen molar-refractivity contribution in [1.82, 2.24) is 0 Å². The Hall–Kier alpha value is -4.00. The number of aromatic carboxylic acids is 1. The Morgan fingerprint density at radius 1 is 0.806 bits per heavy atom. The smallest absolute Gasteiger partial charge is 0.335 e. The Balaban J connectivity index is 0.000000245. The van der Waals surface area contributed by atoms with Gasteiger partial charge in [-0.2, -0.15) is 0 Å². The normalized spacial score (nSPS) is 9.77. The number of Topliss-reactive ketones (excluding diaryl/α,β-unsaturated/α-hetero) is 1. The first-order valence-corrected chi connectivity index (χ1v) is 9.31. The zero-order valence-electron chi connectivity index (χ0n) is 17.5. The molecule has 0 amide bonds. The van der Waals surface area contributed by atoms with E-state index in [1.807, 2.05) is 30.3 Å². The molecule has 0 saturated heterocycles. The van der Waals surface area contributed by atoms with E-state index in [4.69, 9.17) is 24.4 Å². The van der Waals surface area contributed by atoms with E-state index in [1.54, 1.807) is 25.3 Å². The van der Waals surface area contributed by atoms with Crippen molar-refractivity contribution < 1.29 is 34.0 Å². The molecular weight excluding hydrogens is 400 g/mol. The van der Waals surface area contributed by atoms with Crippen LogP contribution >= 0.6 is 0 Å². The average molecular weight is 424 g/mol. The highest BCUT2D eigenvalue weighted by molar-refractivity contribution is 5.94. The van der Waals surface area contributed by atoms with Gasteiger partial charge in [-0.05, 0) is 48.9 Å². The molecule has 0 spiro atoms. The minimum absolute atomic E-state index is 0.00732. The lowest BCUT2D eigenvalue weighted by molar-refractivity contribution is 0.0696. The number of methoxy groups -OCH3 is 2. The molecule has 31 heavy (non-hydrogen) atoms. The first-order chi connectivity index (χ1) is 14.8. The van der Waals surface area contributed by atoms with Gasteiger partial charge in [0.05, 0.1) is 19.8 Å². The maximum atomic E-state index is 11.3. The second-order valence-corrected chi connectivity index (χ2v) is 6.39. The van der Waals surface area contributed by atoms with Crippen LogP contribution in [0.5, 0.6) is 23.0 Å². The molecule has 0 radical (unpaired) electrons. The first kappa shape index (κ1) is 23.3. The third kappa shape index (κ3) is 6.78. The number of phenols is 1. The van der Waals surface area contributed by atoms with Crippen molar-refractivity contribution in [2.75, 3.05) is 14.2 Å². The van der Waals surface area contributed by atoms with E-state index >= 15 is 0 Å². The van der Waals surface area contributed by atoms with Crippen molar-refractivity contribution >= 4 is 11.8 Å². The molecule has 3 rings (SSSR count). The zero-order valence-corrected chi connectivity index (χ0v) is 17.5. The van der Waals surface area contributed by atoms with E-state index in [2.05, 4.69) is 0 Å². The van der Waals surface area contributed by atoms with Gasteiger partial charge in [0, 0.05) is 5.56 Å². The summed E-state index contributed by atoms with van der Waals surface area (Å²) < 4.78 is 15.7. The van der Waals surface area contributed by atoms with E-state index < -0.39 is 5.97 Å².